The van der Waals surface area contributed by atoms with Gasteiger partial charge in [0.15, 0.2) is 0 Å². The van der Waals surface area contributed by atoms with Crippen LogP contribution in [0.25, 0.3) is 0 Å². The molecular weight excluding hydrogens is 302 g/mol. The molecule has 4 heteroatoms. The second-order valence-corrected chi connectivity index (χ2v) is 5.69. The van der Waals surface area contributed by atoms with Crippen LogP contribution in [0.3, 0.4) is 0 Å². The molecule has 0 fully saturated rings. The molecule has 0 saturated carbocycles. The van der Waals surface area contributed by atoms with Gasteiger partial charge in [0.25, 0.3) is 0 Å². The molecule has 2 rings (SSSR count). The number of hydrogen-bond acceptors (Lipinski definition) is 3. The molecule has 2 aromatic carbocycles. The second kappa shape index (κ2) is 8.87. The molecule has 4 nitrogen and oxygen atoms in total. The zero-order valence-electron chi connectivity index (χ0n) is 14.2. The summed E-state index contributed by atoms with van der Waals surface area (Å²) in [6.45, 7) is 4.17. The van der Waals surface area contributed by atoms with E-state index in [-0.39, 0.29) is 11.9 Å². The van der Waals surface area contributed by atoms with E-state index >= 15 is 0 Å². The van der Waals surface area contributed by atoms with Crippen LogP contribution in [0.4, 0.5) is 5.69 Å². The number of carbonyl (C=O) groups excluding carboxylic acids is 2. The highest BCUT2D eigenvalue weighted by Gasteiger charge is 2.07. The Kier molecular flexibility index (Phi) is 6.55. The van der Waals surface area contributed by atoms with Gasteiger partial charge in [0.05, 0.1) is 12.2 Å². The number of hydrogen-bond donors (Lipinski definition) is 1. The van der Waals surface area contributed by atoms with Crippen LogP contribution in [0.15, 0.2) is 48.5 Å². The molecule has 1 amide bonds. The SMILES string of the molecule is CCOC(=O)c1ccc(NC(=O)CCCc2ccc(C)cc2)cc1. The maximum Gasteiger partial charge on any atom is 0.338 e. The standard InChI is InChI=1S/C20H23NO3/c1-3-24-20(23)17-11-13-18(14-12-17)21-19(22)6-4-5-16-9-7-15(2)8-10-16/h7-14H,3-6H2,1-2H3,(H,21,22). The first kappa shape index (κ1) is 17.7. The van der Waals surface area contributed by atoms with Crippen LogP contribution in [0, 0.1) is 6.92 Å². The molecule has 0 spiro atoms. The Morgan fingerprint density at radius 3 is 2.29 bits per heavy atom. The van der Waals surface area contributed by atoms with Crippen LogP contribution >= 0.6 is 0 Å². The molecule has 0 atom stereocenters. The summed E-state index contributed by atoms with van der Waals surface area (Å²) in [5.41, 5.74) is 3.65. The summed E-state index contributed by atoms with van der Waals surface area (Å²) in [5.74, 6) is -0.375. The number of carbonyl (C=O) groups is 2. The average molecular weight is 325 g/mol. The van der Waals surface area contributed by atoms with E-state index in [1.807, 2.05) is 0 Å². The smallest absolute Gasteiger partial charge is 0.338 e. The summed E-state index contributed by atoms with van der Waals surface area (Å²) in [6.07, 6.45) is 2.15. The average Bonchev–Trinajstić information content (AvgIpc) is 2.57. The summed E-state index contributed by atoms with van der Waals surface area (Å²) in [4.78, 5) is 23.5. The minimum absolute atomic E-state index is 0.0222. The van der Waals surface area contributed by atoms with Crippen LogP contribution in [-0.2, 0) is 16.0 Å². The molecule has 0 heterocycles. The molecule has 1 N–H and O–H groups in total. The van der Waals surface area contributed by atoms with Gasteiger partial charge in [-0.05, 0) is 56.5 Å². The second-order valence-electron chi connectivity index (χ2n) is 5.69. The highest BCUT2D eigenvalue weighted by Crippen LogP contribution is 2.12. The van der Waals surface area contributed by atoms with Gasteiger partial charge in [0.1, 0.15) is 0 Å². The number of ether oxygens (including phenoxy) is 1. The normalized spacial score (nSPS) is 10.2. The van der Waals surface area contributed by atoms with E-state index < -0.39 is 0 Å². The number of nitrogens with one attached hydrogen (secondary N) is 1. The molecule has 0 bridgehead atoms. The van der Waals surface area contributed by atoms with E-state index in [0.29, 0.717) is 24.3 Å². The first-order chi connectivity index (χ1) is 11.6. The third-order valence-corrected chi connectivity index (χ3v) is 3.67. The molecule has 0 aliphatic heterocycles. The van der Waals surface area contributed by atoms with Gasteiger partial charge in [-0.25, -0.2) is 4.79 Å². The number of esters is 1. The van der Waals surface area contributed by atoms with Crippen LogP contribution in [0.5, 0.6) is 0 Å². The lowest BCUT2D eigenvalue weighted by molar-refractivity contribution is -0.116. The van der Waals surface area contributed by atoms with Crippen molar-refractivity contribution in [2.24, 2.45) is 0 Å². The predicted octanol–water partition coefficient (Wildman–Crippen LogP) is 4.13. The third-order valence-electron chi connectivity index (χ3n) is 3.67. The van der Waals surface area contributed by atoms with Gasteiger partial charge in [0, 0.05) is 12.1 Å². The van der Waals surface area contributed by atoms with Crippen LogP contribution in [0.2, 0.25) is 0 Å². The maximum absolute atomic E-state index is 12.0. The van der Waals surface area contributed by atoms with Crippen molar-refractivity contribution in [3.8, 4) is 0 Å². The molecule has 0 unspecified atom stereocenters. The quantitative estimate of drug-likeness (QED) is 0.779. The van der Waals surface area contributed by atoms with Gasteiger partial charge in [-0.1, -0.05) is 29.8 Å². The van der Waals surface area contributed by atoms with Gasteiger partial charge in [-0.3, -0.25) is 4.79 Å². The van der Waals surface area contributed by atoms with Gasteiger partial charge in [-0.15, -0.1) is 0 Å². The van der Waals surface area contributed by atoms with Crippen molar-refractivity contribution < 1.29 is 14.3 Å². The maximum atomic E-state index is 12.0. The fourth-order valence-corrected chi connectivity index (χ4v) is 2.34. The van der Waals surface area contributed by atoms with E-state index in [9.17, 15) is 9.59 Å². The number of anilines is 1. The zero-order chi connectivity index (χ0) is 17.4. The molecule has 0 aliphatic carbocycles. The van der Waals surface area contributed by atoms with Crippen molar-refractivity contribution in [1.82, 2.24) is 0 Å². The fraction of sp³-hybridized carbons (Fsp3) is 0.300. The highest BCUT2D eigenvalue weighted by molar-refractivity contribution is 5.93. The Labute approximate surface area is 142 Å². The third kappa shape index (κ3) is 5.54. The van der Waals surface area contributed by atoms with Crippen LogP contribution in [-0.4, -0.2) is 18.5 Å². The van der Waals surface area contributed by atoms with Crippen molar-refractivity contribution >= 4 is 17.6 Å². The Morgan fingerprint density at radius 1 is 1.00 bits per heavy atom. The first-order valence-corrected chi connectivity index (χ1v) is 8.21. The predicted molar refractivity (Wildman–Crippen MR) is 95.1 cm³/mol. The molecule has 0 aliphatic rings. The topological polar surface area (TPSA) is 55.4 Å². The lowest BCUT2D eigenvalue weighted by atomic mass is 10.1. The van der Waals surface area contributed by atoms with Crippen molar-refractivity contribution in [2.75, 3.05) is 11.9 Å². The van der Waals surface area contributed by atoms with Gasteiger partial charge >= 0.3 is 5.97 Å². The van der Waals surface area contributed by atoms with Crippen LogP contribution < -0.4 is 5.32 Å². The number of aryl methyl sites for hydroxylation is 2. The zero-order valence-corrected chi connectivity index (χ0v) is 14.2. The van der Waals surface area contributed by atoms with E-state index in [1.165, 1.54) is 11.1 Å². The highest BCUT2D eigenvalue weighted by atomic mass is 16.5. The summed E-state index contributed by atoms with van der Waals surface area (Å²) >= 11 is 0. The molecule has 0 aromatic heterocycles. The van der Waals surface area contributed by atoms with Crippen molar-refractivity contribution in [1.29, 1.82) is 0 Å². The molecule has 0 saturated heterocycles. The number of amides is 1. The van der Waals surface area contributed by atoms with Crippen molar-refractivity contribution in [3.05, 3.63) is 65.2 Å². The van der Waals surface area contributed by atoms with Gasteiger partial charge < -0.3 is 10.1 Å². The number of benzene rings is 2. The monoisotopic (exact) mass is 325 g/mol. The largest absolute Gasteiger partial charge is 0.462 e. The summed E-state index contributed by atoms with van der Waals surface area (Å²) in [6, 6.07) is 15.1. The Balaban J connectivity index is 1.77. The summed E-state index contributed by atoms with van der Waals surface area (Å²) < 4.78 is 4.93. The molecule has 24 heavy (non-hydrogen) atoms. The lowest BCUT2D eigenvalue weighted by Gasteiger charge is -2.07. The van der Waals surface area contributed by atoms with Crippen molar-refractivity contribution in [3.63, 3.8) is 0 Å². The minimum atomic E-state index is -0.353. The lowest BCUT2D eigenvalue weighted by Crippen LogP contribution is -2.12. The molecule has 2 aromatic rings. The summed E-state index contributed by atoms with van der Waals surface area (Å²) in [5, 5.41) is 2.84. The molecule has 126 valence electrons. The number of rotatable bonds is 7. The van der Waals surface area contributed by atoms with E-state index in [0.717, 1.165) is 12.8 Å². The first-order valence-electron chi connectivity index (χ1n) is 8.21. The van der Waals surface area contributed by atoms with E-state index in [1.54, 1.807) is 31.2 Å². The van der Waals surface area contributed by atoms with E-state index in [2.05, 4.69) is 36.5 Å². The molecule has 0 radical (unpaired) electrons. The van der Waals surface area contributed by atoms with Crippen LogP contribution in [0.1, 0.15) is 41.3 Å². The summed E-state index contributed by atoms with van der Waals surface area (Å²) in [7, 11) is 0. The molecular formula is C20H23NO3. The minimum Gasteiger partial charge on any atom is -0.462 e. The Morgan fingerprint density at radius 2 is 1.67 bits per heavy atom. The Hall–Kier alpha value is -2.62. The van der Waals surface area contributed by atoms with Crippen molar-refractivity contribution in [2.45, 2.75) is 33.1 Å². The fourth-order valence-electron chi connectivity index (χ4n) is 2.34. The van der Waals surface area contributed by atoms with Gasteiger partial charge in [-0.2, -0.15) is 0 Å². The van der Waals surface area contributed by atoms with E-state index in [4.69, 9.17) is 4.74 Å². The Bertz CT molecular complexity index is 675. The van der Waals surface area contributed by atoms with Gasteiger partial charge in [0.2, 0.25) is 5.91 Å².